The van der Waals surface area contributed by atoms with Crippen LogP contribution in [0.3, 0.4) is 0 Å². The molecule has 1 aliphatic carbocycles. The molecule has 16 heteroatoms. The van der Waals surface area contributed by atoms with Gasteiger partial charge < -0.3 is 25.8 Å². The Balaban J connectivity index is 1.33. The van der Waals surface area contributed by atoms with Crippen molar-refractivity contribution < 1.29 is 28.2 Å². The van der Waals surface area contributed by atoms with E-state index >= 15 is 4.39 Å². The van der Waals surface area contributed by atoms with Gasteiger partial charge >= 0.3 is 0 Å². The number of likely N-dealkylation sites (N-methyl/N-ethyl adjacent to an activating group) is 1. The Morgan fingerprint density at radius 1 is 1.02 bits per heavy atom. The summed E-state index contributed by atoms with van der Waals surface area (Å²) in [7, 11) is 1.98. The Kier molecular flexibility index (Phi) is 10.7. The molecule has 0 spiro atoms. The lowest BCUT2D eigenvalue weighted by Gasteiger charge is -2.36. The molecule has 14 nitrogen and oxygen atoms in total. The van der Waals surface area contributed by atoms with Crippen molar-refractivity contribution in [1.29, 1.82) is 0 Å². The average molecular weight is 656 g/mol. The van der Waals surface area contributed by atoms with Crippen LogP contribution in [0, 0.1) is 17.7 Å². The lowest BCUT2D eigenvalue weighted by Crippen LogP contribution is -2.55. The van der Waals surface area contributed by atoms with Gasteiger partial charge in [-0.1, -0.05) is 42.4 Å². The summed E-state index contributed by atoms with van der Waals surface area (Å²) in [6, 6.07) is 2.37. The van der Waals surface area contributed by atoms with Crippen LogP contribution in [0.5, 0.6) is 0 Å². The first kappa shape index (κ1) is 33.1. The molecule has 3 heterocycles. The second-order valence-electron chi connectivity index (χ2n) is 12.1. The fraction of sp³-hybridized carbons (Fsp3) is 0.533. The number of rotatable bonds is 10. The first-order valence-corrected chi connectivity index (χ1v) is 16.1. The van der Waals surface area contributed by atoms with Gasteiger partial charge in [-0.05, 0) is 66.1 Å². The normalized spacial score (nSPS) is 20.7. The number of piperazine rings is 1. The van der Waals surface area contributed by atoms with E-state index in [9.17, 15) is 19.2 Å². The molecule has 246 valence electrons. The number of nitrogens with one attached hydrogen (secondary N) is 3. The van der Waals surface area contributed by atoms with Crippen LogP contribution in [-0.2, 0) is 9.59 Å². The summed E-state index contributed by atoms with van der Waals surface area (Å²) in [6.45, 7) is 6.28. The van der Waals surface area contributed by atoms with Crippen molar-refractivity contribution in [1.82, 2.24) is 40.3 Å². The lowest BCUT2D eigenvalue weighted by molar-refractivity contribution is -0.135. The van der Waals surface area contributed by atoms with E-state index in [0.717, 1.165) is 43.4 Å². The Bertz CT molecular complexity index is 1510. The Morgan fingerprint density at radius 3 is 2.39 bits per heavy atom. The number of amides is 4. The summed E-state index contributed by atoms with van der Waals surface area (Å²) in [5.74, 6) is -2.92. The minimum Gasteiger partial charge on any atom is -0.339 e. The first-order valence-electron chi connectivity index (χ1n) is 15.3. The third-order valence-electron chi connectivity index (χ3n) is 8.92. The third-order valence-corrected chi connectivity index (χ3v) is 9.59. The zero-order chi connectivity index (χ0) is 32.8. The predicted molar refractivity (Wildman–Crippen MR) is 165 cm³/mol. The second kappa shape index (κ2) is 14.9. The van der Waals surface area contributed by atoms with Crippen LogP contribution in [-0.4, -0.2) is 98.6 Å². The molecule has 2 aromatic heterocycles. The highest BCUT2D eigenvalue weighted by molar-refractivity contribution is 7.07. The molecule has 1 saturated heterocycles. The average Bonchev–Trinajstić information content (AvgIpc) is 3.79. The van der Waals surface area contributed by atoms with Gasteiger partial charge in [-0.15, -0.1) is 5.10 Å². The Hall–Kier alpha value is -4.31. The number of benzene rings is 1. The molecular weight excluding hydrogens is 617 g/mol. The van der Waals surface area contributed by atoms with E-state index < -0.39 is 41.5 Å². The van der Waals surface area contributed by atoms with Crippen molar-refractivity contribution in [3.63, 3.8) is 0 Å². The van der Waals surface area contributed by atoms with E-state index in [1.54, 1.807) is 17.9 Å². The maximum absolute atomic E-state index is 15.6. The topological polar surface area (TPSA) is 176 Å². The van der Waals surface area contributed by atoms with Crippen LogP contribution >= 0.6 is 11.5 Å². The fourth-order valence-electron chi connectivity index (χ4n) is 5.92. The van der Waals surface area contributed by atoms with E-state index in [0.29, 0.717) is 37.7 Å². The SMILES string of the molecule is C[C@@H](c1ccc(NC(=O)[C@@H](NC(=O)c2cnon2)[C@H]2CC[C@H](C)CC2)c(F)c1)[C@@H](NC(=O)c1cnns1)C(=O)N1CCN(C)CC1. The molecule has 3 atom stereocenters. The van der Waals surface area contributed by atoms with Crippen molar-refractivity contribution >= 4 is 40.8 Å². The summed E-state index contributed by atoms with van der Waals surface area (Å²) in [6.07, 6.45) is 5.74. The zero-order valence-electron chi connectivity index (χ0n) is 25.9. The summed E-state index contributed by atoms with van der Waals surface area (Å²) >= 11 is 0.911. The monoisotopic (exact) mass is 655 g/mol. The van der Waals surface area contributed by atoms with Crippen molar-refractivity contribution in [2.45, 2.75) is 57.5 Å². The Morgan fingerprint density at radius 2 is 1.76 bits per heavy atom. The molecule has 46 heavy (non-hydrogen) atoms. The van der Waals surface area contributed by atoms with E-state index in [2.05, 4.69) is 52.3 Å². The van der Waals surface area contributed by atoms with Gasteiger partial charge in [0.1, 0.15) is 29.0 Å². The second-order valence-corrected chi connectivity index (χ2v) is 12.9. The first-order chi connectivity index (χ1) is 22.1. The van der Waals surface area contributed by atoms with Crippen LogP contribution in [0.2, 0.25) is 0 Å². The van der Waals surface area contributed by atoms with E-state index in [1.807, 2.05) is 7.05 Å². The maximum atomic E-state index is 15.6. The van der Waals surface area contributed by atoms with Crippen molar-refractivity contribution in [3.05, 3.63) is 52.5 Å². The maximum Gasteiger partial charge on any atom is 0.275 e. The van der Waals surface area contributed by atoms with Gasteiger partial charge in [-0.3, -0.25) is 19.2 Å². The largest absolute Gasteiger partial charge is 0.339 e. The molecule has 1 aromatic carbocycles. The highest BCUT2D eigenvalue weighted by Gasteiger charge is 2.35. The van der Waals surface area contributed by atoms with Crippen molar-refractivity contribution in [2.75, 3.05) is 38.5 Å². The van der Waals surface area contributed by atoms with Crippen LogP contribution < -0.4 is 16.0 Å². The molecule has 3 N–H and O–H groups in total. The van der Waals surface area contributed by atoms with Crippen LogP contribution in [0.4, 0.5) is 10.1 Å². The molecule has 2 fully saturated rings. The summed E-state index contributed by atoms with van der Waals surface area (Å²) in [4.78, 5) is 57.1. The molecule has 0 unspecified atom stereocenters. The quantitative estimate of drug-likeness (QED) is 0.294. The van der Waals surface area contributed by atoms with E-state index in [-0.39, 0.29) is 28.1 Å². The molecule has 2 aliphatic rings. The van der Waals surface area contributed by atoms with Gasteiger partial charge in [0.15, 0.2) is 5.69 Å². The standard InChI is InChI=1S/C30H38FN9O5S/c1-17-4-6-19(7-5-17)26(36-27(41)23-15-33-45-37-23)29(43)34-22-9-8-20(14-21(22)31)18(2)25(35-28(42)24-16-32-38-46-24)30(44)40-12-10-39(3)11-13-40/h8-9,14-19,25-26H,4-7,10-13H2,1-3H3,(H,34,43)(H,35,42)(H,36,41)/t17-,18-,19-,25+,26-/m0/s1. The highest BCUT2D eigenvalue weighted by Crippen LogP contribution is 2.32. The summed E-state index contributed by atoms with van der Waals surface area (Å²) in [5, 5.41) is 18.9. The number of nitrogens with zero attached hydrogens (tertiary/aromatic N) is 6. The minimum atomic E-state index is -0.989. The fourth-order valence-corrected chi connectivity index (χ4v) is 6.34. The summed E-state index contributed by atoms with van der Waals surface area (Å²) in [5.41, 5.74) is 0.315. The number of anilines is 1. The molecule has 0 radical (unpaired) electrons. The van der Waals surface area contributed by atoms with Crippen LogP contribution in [0.25, 0.3) is 0 Å². The number of carbonyl (C=O) groups excluding carboxylic acids is 4. The number of aromatic nitrogens is 4. The van der Waals surface area contributed by atoms with Crippen molar-refractivity contribution in [3.8, 4) is 0 Å². The third kappa shape index (κ3) is 7.91. The van der Waals surface area contributed by atoms with Crippen LogP contribution in [0.15, 0.2) is 35.2 Å². The van der Waals surface area contributed by atoms with Gasteiger partial charge in [-0.2, -0.15) is 0 Å². The predicted octanol–water partition coefficient (Wildman–Crippen LogP) is 2.30. The number of carbonyl (C=O) groups is 4. The smallest absolute Gasteiger partial charge is 0.275 e. The number of halogens is 1. The molecule has 0 bridgehead atoms. The molecular formula is C30H38FN9O5S. The van der Waals surface area contributed by atoms with Gasteiger partial charge in [-0.25, -0.2) is 9.02 Å². The zero-order valence-corrected chi connectivity index (χ0v) is 26.8. The number of hydrogen-bond acceptors (Lipinski definition) is 11. The van der Waals surface area contributed by atoms with Crippen LogP contribution in [0.1, 0.15) is 71.2 Å². The van der Waals surface area contributed by atoms with E-state index in [4.69, 9.17) is 0 Å². The highest BCUT2D eigenvalue weighted by atomic mass is 32.1. The summed E-state index contributed by atoms with van der Waals surface area (Å²) < 4.78 is 23.9. The van der Waals surface area contributed by atoms with Gasteiger partial charge in [0.05, 0.1) is 11.9 Å². The molecule has 3 aromatic rings. The van der Waals surface area contributed by atoms with Gasteiger partial charge in [0, 0.05) is 32.1 Å². The molecule has 1 aliphatic heterocycles. The molecule has 5 rings (SSSR count). The number of hydrogen-bond donors (Lipinski definition) is 3. The van der Waals surface area contributed by atoms with Crippen molar-refractivity contribution in [2.24, 2.45) is 11.8 Å². The van der Waals surface area contributed by atoms with Gasteiger partial charge in [0.2, 0.25) is 11.8 Å². The molecule has 1 saturated carbocycles. The Labute approximate surface area is 269 Å². The van der Waals surface area contributed by atoms with E-state index in [1.165, 1.54) is 18.3 Å². The lowest BCUT2D eigenvalue weighted by atomic mass is 9.79. The minimum absolute atomic E-state index is 0.0640. The molecule has 4 amide bonds. The van der Waals surface area contributed by atoms with Gasteiger partial charge in [0.25, 0.3) is 11.8 Å².